The molecule has 2 amide bonds. The minimum Gasteiger partial charge on any atom is -0.480 e. The van der Waals surface area contributed by atoms with E-state index >= 15 is 0 Å². The third-order valence-electron chi connectivity index (χ3n) is 6.44. The molecule has 190 valence electrons. The van der Waals surface area contributed by atoms with Gasteiger partial charge in [-0.1, -0.05) is 30.3 Å². The van der Waals surface area contributed by atoms with Crippen LogP contribution in [-0.4, -0.2) is 56.3 Å². The highest BCUT2D eigenvalue weighted by atomic mass is 32.2. The molecule has 11 heteroatoms. The number of β-lactam (4-membered cyclic amide) rings is 1. The molecule has 2 unspecified atom stereocenters. The normalized spacial score (nSPS) is 21.9. The summed E-state index contributed by atoms with van der Waals surface area (Å²) in [4.78, 5) is 41.1. The number of carbonyl (C=O) groups is 3. The number of aliphatic carboxylic acids is 1. The van der Waals surface area contributed by atoms with Crippen LogP contribution in [0.5, 0.6) is 0 Å². The molecule has 0 saturated carbocycles. The number of rotatable bonds is 7. The van der Waals surface area contributed by atoms with E-state index in [1.54, 1.807) is 18.2 Å². The molecule has 3 aromatic rings. The molecular formula is C27H20N4O4S3. The number of carboxylic acids is 1. The lowest BCUT2D eigenvalue weighted by molar-refractivity contribution is -0.152. The van der Waals surface area contributed by atoms with Crippen LogP contribution < -0.4 is 5.32 Å². The van der Waals surface area contributed by atoms with Gasteiger partial charge in [0.25, 0.3) is 0 Å². The van der Waals surface area contributed by atoms with Gasteiger partial charge in [-0.3, -0.25) is 14.4 Å². The van der Waals surface area contributed by atoms with Crippen LogP contribution in [0.15, 0.2) is 64.9 Å². The van der Waals surface area contributed by atoms with E-state index in [1.807, 2.05) is 53.9 Å². The van der Waals surface area contributed by atoms with Crippen molar-refractivity contribution >= 4 is 52.6 Å². The predicted octanol–water partition coefficient (Wildman–Crippen LogP) is 3.72. The lowest BCUT2D eigenvalue weighted by Crippen LogP contribution is -2.74. The van der Waals surface area contributed by atoms with Crippen LogP contribution in [0.1, 0.15) is 16.0 Å². The average Bonchev–Trinajstić information content (AvgIpc) is 3.44. The maximum Gasteiger partial charge on any atom is 0.322 e. The van der Waals surface area contributed by atoms with E-state index in [1.165, 1.54) is 39.8 Å². The Kier molecular flexibility index (Phi) is 7.17. The molecule has 2 saturated heterocycles. The van der Waals surface area contributed by atoms with Crippen LogP contribution in [0.3, 0.4) is 0 Å². The predicted molar refractivity (Wildman–Crippen MR) is 145 cm³/mol. The van der Waals surface area contributed by atoms with Crippen LogP contribution in [0.25, 0.3) is 11.1 Å². The molecule has 5 rings (SSSR count). The van der Waals surface area contributed by atoms with Crippen LogP contribution in [-0.2, 0) is 20.8 Å². The maximum absolute atomic E-state index is 13.0. The summed E-state index contributed by atoms with van der Waals surface area (Å²) in [6.07, 6.45) is 0.202. The Balaban J connectivity index is 1.35. The van der Waals surface area contributed by atoms with Crippen LogP contribution in [0.4, 0.5) is 0 Å². The molecule has 3 heterocycles. The summed E-state index contributed by atoms with van der Waals surface area (Å²) >= 11 is 4.01. The molecule has 0 radical (unpaired) electrons. The zero-order valence-electron chi connectivity index (χ0n) is 19.8. The standard InChI is InChI=1S/C27H20N4O4S3/c28-12-17-8-7-16(10-18(17)13-29)20-5-1-2-6-21(20)38-27(26(34)35)14-31-24(33)23(25(31)37-15-27)30-22(32)11-19-4-3-9-36-19/h1-10,23,25H,11,14-15H2,(H,30,32)(H,34,35)/t23?,25-,27?/m1/s1. The van der Waals surface area contributed by atoms with Crippen molar-refractivity contribution in [3.8, 4) is 23.3 Å². The average molecular weight is 561 g/mol. The lowest BCUT2D eigenvalue weighted by atomic mass is 10.00. The van der Waals surface area contributed by atoms with Gasteiger partial charge in [0.1, 0.15) is 28.3 Å². The molecule has 2 aromatic carbocycles. The summed E-state index contributed by atoms with van der Waals surface area (Å²) in [7, 11) is 0. The third-order valence-corrected chi connectivity index (χ3v) is 10.4. The summed E-state index contributed by atoms with van der Waals surface area (Å²) in [6, 6.07) is 19.3. The smallest absolute Gasteiger partial charge is 0.322 e. The Morgan fingerprint density at radius 2 is 1.92 bits per heavy atom. The van der Waals surface area contributed by atoms with Crippen LogP contribution in [0, 0.1) is 22.7 Å². The summed E-state index contributed by atoms with van der Waals surface area (Å²) in [6.45, 7) is 0.00590. The summed E-state index contributed by atoms with van der Waals surface area (Å²) in [5.41, 5.74) is 1.94. The number of nitrogens with one attached hydrogen (secondary N) is 1. The minimum atomic E-state index is -1.30. The monoisotopic (exact) mass is 560 g/mol. The van der Waals surface area contributed by atoms with Gasteiger partial charge in [0.15, 0.2) is 0 Å². The topological polar surface area (TPSA) is 134 Å². The molecule has 0 aliphatic carbocycles. The Morgan fingerprint density at radius 3 is 2.63 bits per heavy atom. The fourth-order valence-electron chi connectivity index (χ4n) is 4.49. The first-order valence-corrected chi connectivity index (χ1v) is 14.3. The van der Waals surface area contributed by atoms with E-state index in [4.69, 9.17) is 0 Å². The van der Waals surface area contributed by atoms with Crippen molar-refractivity contribution in [1.29, 1.82) is 10.5 Å². The highest BCUT2D eigenvalue weighted by Gasteiger charge is 2.58. The molecule has 2 aliphatic heterocycles. The largest absolute Gasteiger partial charge is 0.480 e. The van der Waals surface area contributed by atoms with Gasteiger partial charge in [-0.05, 0) is 40.8 Å². The second kappa shape index (κ2) is 10.5. The summed E-state index contributed by atoms with van der Waals surface area (Å²) < 4.78 is -1.30. The van der Waals surface area contributed by atoms with E-state index < -0.39 is 16.8 Å². The molecule has 38 heavy (non-hydrogen) atoms. The fourth-order valence-corrected chi connectivity index (χ4v) is 8.18. The van der Waals surface area contributed by atoms with Gasteiger partial charge in [0, 0.05) is 22.1 Å². The summed E-state index contributed by atoms with van der Waals surface area (Å²) in [5.74, 6) is -1.31. The third kappa shape index (κ3) is 4.76. The van der Waals surface area contributed by atoms with Crippen molar-refractivity contribution in [1.82, 2.24) is 10.2 Å². The number of thioether (sulfide) groups is 2. The second-order valence-electron chi connectivity index (χ2n) is 8.85. The van der Waals surface area contributed by atoms with Crippen molar-refractivity contribution in [3.63, 3.8) is 0 Å². The highest BCUT2D eigenvalue weighted by molar-refractivity contribution is 8.05. The van der Waals surface area contributed by atoms with Gasteiger partial charge >= 0.3 is 5.97 Å². The number of carboxylic acid groups (broad SMARTS) is 1. The van der Waals surface area contributed by atoms with Crippen LogP contribution >= 0.6 is 34.9 Å². The molecule has 8 nitrogen and oxygen atoms in total. The number of nitrogens with zero attached hydrogens (tertiary/aromatic N) is 3. The molecule has 2 aliphatic rings. The molecule has 2 N–H and O–H groups in total. The molecular weight excluding hydrogens is 541 g/mol. The van der Waals surface area contributed by atoms with E-state index in [2.05, 4.69) is 5.32 Å². The number of thiophene rings is 1. The zero-order chi connectivity index (χ0) is 26.9. The second-order valence-corrected chi connectivity index (χ2v) is 12.4. The minimum absolute atomic E-state index is 0.00590. The van der Waals surface area contributed by atoms with E-state index in [-0.39, 0.29) is 47.0 Å². The Bertz CT molecular complexity index is 1510. The molecule has 0 bridgehead atoms. The summed E-state index contributed by atoms with van der Waals surface area (Å²) in [5, 5.41) is 33.4. The lowest BCUT2D eigenvalue weighted by Gasteiger charge is -2.53. The Hall–Kier alpha value is -3.77. The molecule has 2 fully saturated rings. The molecule has 3 atom stereocenters. The number of hydrogen-bond acceptors (Lipinski definition) is 8. The fraction of sp³-hybridized carbons (Fsp3) is 0.222. The first kappa shape index (κ1) is 25.9. The van der Waals surface area contributed by atoms with Gasteiger partial charge < -0.3 is 15.3 Å². The molecule has 0 spiro atoms. The Morgan fingerprint density at radius 1 is 1.13 bits per heavy atom. The number of hydrogen-bond donors (Lipinski definition) is 2. The number of benzene rings is 2. The quantitative estimate of drug-likeness (QED) is 0.418. The molecule has 1 aromatic heterocycles. The van der Waals surface area contributed by atoms with Gasteiger partial charge in [0.2, 0.25) is 11.8 Å². The number of carbonyl (C=O) groups excluding carboxylic acids is 2. The SMILES string of the molecule is N#Cc1ccc(-c2ccccc2SC2(C(=O)O)CS[C@@H]3C(NC(=O)Cc4cccs4)C(=O)N3C2)cc1C#N. The number of nitriles is 2. The van der Waals surface area contributed by atoms with Crippen molar-refractivity contribution in [2.45, 2.75) is 27.5 Å². The van der Waals surface area contributed by atoms with Crippen molar-refractivity contribution in [2.75, 3.05) is 12.3 Å². The van der Waals surface area contributed by atoms with E-state index in [9.17, 15) is 30.0 Å². The zero-order valence-corrected chi connectivity index (χ0v) is 22.2. The van der Waals surface area contributed by atoms with Gasteiger partial charge in [-0.2, -0.15) is 10.5 Å². The van der Waals surface area contributed by atoms with Crippen molar-refractivity contribution in [2.24, 2.45) is 0 Å². The van der Waals surface area contributed by atoms with Gasteiger partial charge in [-0.15, -0.1) is 34.9 Å². The number of fused-ring (bicyclic) bond motifs is 1. The Labute approximate surface area is 231 Å². The number of amides is 2. The van der Waals surface area contributed by atoms with Crippen molar-refractivity contribution < 1.29 is 19.5 Å². The first-order valence-electron chi connectivity index (χ1n) is 11.5. The maximum atomic E-state index is 13.0. The van der Waals surface area contributed by atoms with Gasteiger partial charge in [0.05, 0.1) is 17.5 Å². The first-order chi connectivity index (χ1) is 18.3. The van der Waals surface area contributed by atoms with Crippen LogP contribution in [0.2, 0.25) is 0 Å². The highest BCUT2D eigenvalue weighted by Crippen LogP contribution is 2.48. The van der Waals surface area contributed by atoms with E-state index in [0.717, 1.165) is 10.4 Å². The van der Waals surface area contributed by atoms with Crippen molar-refractivity contribution in [3.05, 3.63) is 76.0 Å². The van der Waals surface area contributed by atoms with E-state index in [0.29, 0.717) is 10.5 Å². The van der Waals surface area contributed by atoms with Gasteiger partial charge in [-0.25, -0.2) is 0 Å².